The molecule has 3 rings (SSSR count). The van der Waals surface area contributed by atoms with Crippen LogP contribution in [-0.2, 0) is 14.8 Å². The number of nitrogens with zero attached hydrogens (tertiary/aromatic N) is 1. The van der Waals surface area contributed by atoms with Crippen LogP contribution in [0.3, 0.4) is 0 Å². The number of sulfonamides is 1. The molecule has 1 saturated heterocycles. The number of nitrogens with one attached hydrogen (secondary N) is 1. The molecule has 1 aliphatic rings. The van der Waals surface area contributed by atoms with Gasteiger partial charge in [0.25, 0.3) is 5.91 Å². The molecule has 1 amide bonds. The van der Waals surface area contributed by atoms with E-state index in [0.717, 1.165) is 18.2 Å². The fourth-order valence-electron chi connectivity index (χ4n) is 2.78. The van der Waals surface area contributed by atoms with Crippen LogP contribution in [0.1, 0.15) is 17.3 Å². The van der Waals surface area contributed by atoms with Crippen molar-refractivity contribution in [1.29, 1.82) is 0 Å². The predicted molar refractivity (Wildman–Crippen MR) is 94.9 cm³/mol. The van der Waals surface area contributed by atoms with E-state index in [1.165, 1.54) is 28.6 Å². The van der Waals surface area contributed by atoms with Crippen LogP contribution in [0.25, 0.3) is 0 Å². The second kappa shape index (κ2) is 7.71. The summed E-state index contributed by atoms with van der Waals surface area (Å²) in [4.78, 5) is 12.2. The van der Waals surface area contributed by atoms with Crippen molar-refractivity contribution in [3.63, 3.8) is 0 Å². The molecule has 2 aromatic rings. The molecule has 2 aromatic carbocycles. The minimum absolute atomic E-state index is 0.0272. The van der Waals surface area contributed by atoms with Gasteiger partial charge < -0.3 is 10.1 Å². The van der Waals surface area contributed by atoms with Gasteiger partial charge in [0.1, 0.15) is 0 Å². The number of rotatable bonds is 4. The highest BCUT2D eigenvalue weighted by Gasteiger charge is 2.31. The largest absolute Gasteiger partial charge is 0.378 e. The monoisotopic (exact) mass is 396 g/mol. The van der Waals surface area contributed by atoms with Crippen LogP contribution in [0.2, 0.25) is 0 Å². The Labute approximate surface area is 155 Å². The molecule has 6 nitrogen and oxygen atoms in total. The molecular weight excluding hydrogens is 378 g/mol. The summed E-state index contributed by atoms with van der Waals surface area (Å²) in [5.74, 6) is -2.87. The second-order valence-corrected chi connectivity index (χ2v) is 8.04. The SMILES string of the molecule is CC1COCCN1S(=O)(=O)c1cccc(NC(=O)c2ccc(F)c(F)c2)c1. The third-order valence-corrected chi connectivity index (χ3v) is 6.20. The summed E-state index contributed by atoms with van der Waals surface area (Å²) in [6.45, 7) is 2.63. The summed E-state index contributed by atoms with van der Waals surface area (Å²) in [5, 5.41) is 2.50. The van der Waals surface area contributed by atoms with Crippen LogP contribution in [0.5, 0.6) is 0 Å². The van der Waals surface area contributed by atoms with Crippen molar-refractivity contribution in [1.82, 2.24) is 4.31 Å². The first-order valence-corrected chi connectivity index (χ1v) is 9.69. The first-order valence-electron chi connectivity index (χ1n) is 8.25. The number of benzene rings is 2. The average Bonchev–Trinajstić information content (AvgIpc) is 2.64. The van der Waals surface area contributed by atoms with Crippen molar-refractivity contribution in [2.45, 2.75) is 17.9 Å². The molecular formula is C18H18F2N2O4S. The first kappa shape index (κ1) is 19.4. The van der Waals surface area contributed by atoms with Gasteiger partial charge in [-0.05, 0) is 43.3 Å². The minimum atomic E-state index is -3.75. The molecule has 1 N–H and O–H groups in total. The molecule has 0 bridgehead atoms. The number of morpholine rings is 1. The van der Waals surface area contributed by atoms with Crippen molar-refractivity contribution in [2.75, 3.05) is 25.1 Å². The van der Waals surface area contributed by atoms with Crippen molar-refractivity contribution in [3.8, 4) is 0 Å². The highest BCUT2D eigenvalue weighted by molar-refractivity contribution is 7.89. The summed E-state index contributed by atoms with van der Waals surface area (Å²) in [6.07, 6.45) is 0. The normalized spacial score (nSPS) is 18.3. The third-order valence-electron chi connectivity index (χ3n) is 4.19. The van der Waals surface area contributed by atoms with Gasteiger partial charge in [-0.1, -0.05) is 6.07 Å². The molecule has 1 fully saturated rings. The zero-order chi connectivity index (χ0) is 19.6. The molecule has 1 heterocycles. The molecule has 1 atom stereocenters. The van der Waals surface area contributed by atoms with Crippen molar-refractivity contribution in [3.05, 3.63) is 59.7 Å². The van der Waals surface area contributed by atoms with Gasteiger partial charge in [0, 0.05) is 23.8 Å². The standard InChI is InChI=1S/C18H18F2N2O4S/c1-12-11-26-8-7-22(12)27(24,25)15-4-2-3-14(10-15)21-18(23)13-5-6-16(19)17(20)9-13/h2-6,9-10,12H,7-8,11H2,1H3,(H,21,23). The molecule has 27 heavy (non-hydrogen) atoms. The van der Waals surface area contributed by atoms with Gasteiger partial charge in [-0.3, -0.25) is 4.79 Å². The van der Waals surface area contributed by atoms with Gasteiger partial charge in [-0.15, -0.1) is 0 Å². The second-order valence-electron chi connectivity index (χ2n) is 6.15. The van der Waals surface area contributed by atoms with Crippen LogP contribution in [0.15, 0.2) is 47.4 Å². The summed E-state index contributed by atoms with van der Waals surface area (Å²) < 4.78 is 58.6. The lowest BCUT2D eigenvalue weighted by Gasteiger charge is -2.32. The fourth-order valence-corrected chi connectivity index (χ4v) is 4.43. The van der Waals surface area contributed by atoms with Gasteiger partial charge in [0.05, 0.1) is 18.1 Å². The highest BCUT2D eigenvalue weighted by atomic mass is 32.2. The van der Waals surface area contributed by atoms with E-state index in [4.69, 9.17) is 4.74 Å². The molecule has 0 aliphatic carbocycles. The van der Waals surface area contributed by atoms with Gasteiger partial charge in [0.15, 0.2) is 11.6 Å². The lowest BCUT2D eigenvalue weighted by Crippen LogP contribution is -2.46. The van der Waals surface area contributed by atoms with E-state index in [9.17, 15) is 22.0 Å². The number of amides is 1. The quantitative estimate of drug-likeness (QED) is 0.862. The predicted octanol–water partition coefficient (Wildman–Crippen LogP) is 2.63. The van der Waals surface area contributed by atoms with Gasteiger partial charge >= 0.3 is 0 Å². The Morgan fingerprint density at radius 3 is 2.67 bits per heavy atom. The molecule has 0 radical (unpaired) electrons. The fraction of sp³-hybridized carbons (Fsp3) is 0.278. The minimum Gasteiger partial charge on any atom is -0.378 e. The number of ether oxygens (including phenoxy) is 1. The molecule has 9 heteroatoms. The maximum atomic E-state index is 13.3. The molecule has 1 unspecified atom stereocenters. The topological polar surface area (TPSA) is 75.7 Å². The smallest absolute Gasteiger partial charge is 0.255 e. The van der Waals surface area contributed by atoms with Crippen molar-refractivity contribution in [2.24, 2.45) is 0 Å². The molecule has 144 valence electrons. The van der Waals surface area contributed by atoms with Crippen LogP contribution >= 0.6 is 0 Å². The van der Waals surface area contributed by atoms with E-state index in [0.29, 0.717) is 13.2 Å². The van der Waals surface area contributed by atoms with E-state index >= 15 is 0 Å². The highest BCUT2D eigenvalue weighted by Crippen LogP contribution is 2.23. The lowest BCUT2D eigenvalue weighted by molar-refractivity contribution is 0.0393. The number of anilines is 1. The van der Waals surface area contributed by atoms with Gasteiger partial charge in [-0.25, -0.2) is 17.2 Å². The zero-order valence-corrected chi connectivity index (χ0v) is 15.3. The molecule has 0 spiro atoms. The summed E-state index contributed by atoms with van der Waals surface area (Å²) in [6, 6.07) is 8.25. The zero-order valence-electron chi connectivity index (χ0n) is 14.5. The van der Waals surface area contributed by atoms with Crippen LogP contribution in [0, 0.1) is 11.6 Å². The van der Waals surface area contributed by atoms with E-state index < -0.39 is 27.6 Å². The Bertz CT molecular complexity index is 966. The summed E-state index contributed by atoms with van der Waals surface area (Å²) in [7, 11) is -3.75. The maximum Gasteiger partial charge on any atom is 0.255 e. The Morgan fingerprint density at radius 1 is 1.19 bits per heavy atom. The number of halogens is 2. The lowest BCUT2D eigenvalue weighted by atomic mass is 10.2. The van der Waals surface area contributed by atoms with Crippen molar-refractivity contribution >= 4 is 21.6 Å². The summed E-state index contributed by atoms with van der Waals surface area (Å²) in [5.41, 5.74) is 0.149. The van der Waals surface area contributed by atoms with E-state index in [1.54, 1.807) is 6.92 Å². The Balaban J connectivity index is 1.82. The van der Waals surface area contributed by atoms with E-state index in [-0.39, 0.29) is 28.7 Å². The number of carbonyl (C=O) groups is 1. The van der Waals surface area contributed by atoms with Gasteiger partial charge in [0.2, 0.25) is 10.0 Å². The van der Waals surface area contributed by atoms with Gasteiger partial charge in [-0.2, -0.15) is 4.31 Å². The molecule has 1 aliphatic heterocycles. The van der Waals surface area contributed by atoms with Crippen LogP contribution in [-0.4, -0.2) is 44.4 Å². The van der Waals surface area contributed by atoms with Crippen LogP contribution < -0.4 is 5.32 Å². The third kappa shape index (κ3) is 4.15. The van der Waals surface area contributed by atoms with Crippen molar-refractivity contribution < 1.29 is 26.7 Å². The first-order chi connectivity index (χ1) is 12.8. The van der Waals surface area contributed by atoms with Crippen LogP contribution in [0.4, 0.5) is 14.5 Å². The molecule has 0 aromatic heterocycles. The number of hydrogen-bond acceptors (Lipinski definition) is 4. The average molecular weight is 396 g/mol. The number of hydrogen-bond donors (Lipinski definition) is 1. The maximum absolute atomic E-state index is 13.3. The number of carbonyl (C=O) groups excluding carboxylic acids is 1. The summed E-state index contributed by atoms with van der Waals surface area (Å²) >= 11 is 0. The Kier molecular flexibility index (Phi) is 5.54. The molecule has 0 saturated carbocycles. The van der Waals surface area contributed by atoms with E-state index in [1.807, 2.05) is 0 Å². The van der Waals surface area contributed by atoms with E-state index in [2.05, 4.69) is 5.32 Å². The Hall–Kier alpha value is -2.36. The Morgan fingerprint density at radius 2 is 1.96 bits per heavy atom.